The van der Waals surface area contributed by atoms with E-state index in [-0.39, 0.29) is 12.8 Å². The van der Waals surface area contributed by atoms with Crippen LogP contribution in [-0.2, 0) is 38.4 Å². The molecule has 27 heteroatoms. The highest BCUT2D eigenvalue weighted by Gasteiger charge is 2.30. The lowest BCUT2D eigenvalue weighted by molar-refractivity contribution is -0.136. The monoisotopic (exact) mass is 796 g/mol. The van der Waals surface area contributed by atoms with E-state index in [9.17, 15) is 4.79 Å². The highest BCUT2D eigenvalue weighted by molar-refractivity contribution is 5.64. The molecule has 0 aromatic carbocycles. The van der Waals surface area contributed by atoms with Crippen molar-refractivity contribution in [2.45, 2.75) is 97.3 Å². The SMILES string of the molecule is CC(=O)O.CC(=O)O.CC(=O)O.CC(=O)O.CC(=O)O.CC(=O)O.CC(=O)O.NNC[C@H](O)[C@H](O)[C@@H](O)[C@H](O)CO.O=C[C@H](O)[C@H](O)[C@@H](O)[C@H](O)CO. The summed E-state index contributed by atoms with van der Waals surface area (Å²) in [5.41, 5.74) is 2.09. The Kier molecular flexibility index (Phi) is 65.6. The third-order valence-corrected chi connectivity index (χ3v) is 3.07. The number of nitrogens with two attached hydrogens (primary N) is 1. The minimum absolute atomic E-state index is 0.0258. The van der Waals surface area contributed by atoms with Crippen molar-refractivity contribution in [2.24, 2.45) is 5.84 Å². The fourth-order valence-corrected chi connectivity index (χ4v) is 1.42. The molecular weight excluding hydrogens is 740 g/mol. The predicted octanol–water partition coefficient (Wildman–Crippen LogP) is -6.86. The molecule has 20 N–H and O–H groups in total. The Labute approximate surface area is 302 Å². The lowest BCUT2D eigenvalue weighted by atomic mass is 10.0. The zero-order valence-electron chi connectivity index (χ0n) is 29.8. The zero-order chi connectivity index (χ0) is 45.2. The Balaban J connectivity index is -0.0000000627. The number of hydrazine groups is 1. The van der Waals surface area contributed by atoms with Gasteiger partial charge in [0.25, 0.3) is 41.8 Å². The third-order valence-electron chi connectivity index (χ3n) is 3.07. The Bertz CT molecular complexity index is 791. The van der Waals surface area contributed by atoms with Crippen LogP contribution >= 0.6 is 0 Å². The summed E-state index contributed by atoms with van der Waals surface area (Å²) in [6.45, 7) is 6.00. The summed E-state index contributed by atoms with van der Waals surface area (Å²) in [6.07, 6.45) is -12.8. The highest BCUT2D eigenvalue weighted by Crippen LogP contribution is 2.04. The molecule has 0 rings (SSSR count). The van der Waals surface area contributed by atoms with Gasteiger partial charge in [-0.05, 0) is 0 Å². The van der Waals surface area contributed by atoms with Gasteiger partial charge in [-0.15, -0.1) is 0 Å². The quantitative estimate of drug-likeness (QED) is 0.0525. The molecule has 0 unspecified atom stereocenters. The van der Waals surface area contributed by atoms with Gasteiger partial charge in [0.2, 0.25) is 0 Å². The van der Waals surface area contributed by atoms with Gasteiger partial charge in [-0.25, -0.2) is 0 Å². The number of aldehydes is 1. The second-order valence-corrected chi connectivity index (χ2v) is 8.70. The summed E-state index contributed by atoms with van der Waals surface area (Å²) in [5.74, 6) is -0.972. The minimum atomic E-state index is -1.79. The number of hydrogen-bond acceptors (Lipinski definition) is 20. The highest BCUT2D eigenvalue weighted by atomic mass is 16.4. The zero-order valence-corrected chi connectivity index (χ0v) is 29.8. The number of nitrogens with one attached hydrogen (secondary N) is 1. The molecule has 0 fully saturated rings. The predicted molar refractivity (Wildman–Crippen MR) is 174 cm³/mol. The van der Waals surface area contributed by atoms with Crippen LogP contribution in [0.4, 0.5) is 0 Å². The molecule has 0 saturated carbocycles. The molecule has 8 atom stereocenters. The standard InChI is InChI=1S/C6H16N2O5.C6H12O6.7C2H4O2/c7-8-1-3(10)5(12)6(13)4(11)2-9;7-1-3(9)5(11)6(12)4(10)2-8;7*1-2(3)4/h3-6,8-13H,1-2,7H2;1,3-6,8-12H,2H2;7*1H3,(H,3,4)/t2*3-,4+,5-,6-;;;;;;;/m00......./s1. The van der Waals surface area contributed by atoms with Crippen LogP contribution < -0.4 is 11.3 Å². The second-order valence-electron chi connectivity index (χ2n) is 8.70. The third kappa shape index (κ3) is 121. The van der Waals surface area contributed by atoms with Crippen molar-refractivity contribution in [2.75, 3.05) is 19.8 Å². The topological polar surface area (TPSA) is 519 Å². The van der Waals surface area contributed by atoms with E-state index in [4.69, 9.17) is 126 Å². The molecule has 27 nitrogen and oxygen atoms in total. The normalized spacial score (nSPS) is 13.2. The fraction of sp³-hybridized carbons (Fsp3) is 0.692. The van der Waals surface area contributed by atoms with E-state index in [1.165, 1.54) is 0 Å². The van der Waals surface area contributed by atoms with Gasteiger partial charge in [-0.2, -0.15) is 0 Å². The lowest BCUT2D eigenvalue weighted by Gasteiger charge is -2.25. The average molecular weight is 797 g/mol. The van der Waals surface area contributed by atoms with Crippen molar-refractivity contribution in [3.05, 3.63) is 0 Å². The number of aliphatic hydroxyl groups excluding tert-OH is 10. The van der Waals surface area contributed by atoms with Crippen molar-refractivity contribution in [1.29, 1.82) is 0 Å². The van der Waals surface area contributed by atoms with Gasteiger partial charge >= 0.3 is 0 Å². The number of rotatable bonds is 11. The molecule has 0 radical (unpaired) electrons. The van der Waals surface area contributed by atoms with Crippen molar-refractivity contribution in [3.8, 4) is 0 Å². The molecule has 0 spiro atoms. The number of carbonyl (C=O) groups is 8. The van der Waals surface area contributed by atoms with E-state index < -0.39 is 104 Å². The van der Waals surface area contributed by atoms with Crippen LogP contribution in [0.25, 0.3) is 0 Å². The fourth-order valence-electron chi connectivity index (χ4n) is 1.42. The summed E-state index contributed by atoms with van der Waals surface area (Å²) in [4.78, 5) is 72.9. The van der Waals surface area contributed by atoms with Crippen LogP contribution in [0.1, 0.15) is 48.5 Å². The van der Waals surface area contributed by atoms with Gasteiger partial charge in [0, 0.05) is 55.0 Å². The number of aliphatic carboxylic acids is 7. The molecular formula is C26H56N2O25. The first-order valence-electron chi connectivity index (χ1n) is 13.6. The Hall–Kier alpha value is -4.52. The molecule has 0 aliphatic heterocycles. The van der Waals surface area contributed by atoms with E-state index in [1.807, 2.05) is 0 Å². The lowest BCUT2D eigenvalue weighted by Crippen LogP contribution is -2.49. The number of carbonyl (C=O) groups excluding carboxylic acids is 1. The van der Waals surface area contributed by atoms with Crippen LogP contribution in [0, 0.1) is 0 Å². The van der Waals surface area contributed by atoms with Crippen LogP contribution in [0.5, 0.6) is 0 Å². The largest absolute Gasteiger partial charge is 0.481 e. The van der Waals surface area contributed by atoms with E-state index in [1.54, 1.807) is 0 Å². The summed E-state index contributed by atoms with van der Waals surface area (Å²) in [6, 6.07) is 0. The molecule has 0 saturated heterocycles. The Morgan fingerprint density at radius 3 is 0.774 bits per heavy atom. The minimum Gasteiger partial charge on any atom is -0.481 e. The van der Waals surface area contributed by atoms with Gasteiger partial charge in [0.15, 0.2) is 6.29 Å². The molecule has 0 heterocycles. The first kappa shape index (κ1) is 70.1. The van der Waals surface area contributed by atoms with Crippen molar-refractivity contribution in [1.82, 2.24) is 5.43 Å². The van der Waals surface area contributed by atoms with Gasteiger partial charge in [-0.3, -0.25) is 44.8 Å². The first-order chi connectivity index (χ1) is 23.7. The Morgan fingerprint density at radius 1 is 0.453 bits per heavy atom. The van der Waals surface area contributed by atoms with Crippen molar-refractivity contribution < 1.29 is 125 Å². The molecule has 0 aliphatic carbocycles. The molecule has 0 aliphatic rings. The van der Waals surface area contributed by atoms with Crippen LogP contribution in [-0.4, -0.2) is 203 Å². The van der Waals surface area contributed by atoms with Gasteiger partial charge in [-0.1, -0.05) is 0 Å². The van der Waals surface area contributed by atoms with Gasteiger partial charge < -0.3 is 91.6 Å². The second kappa shape index (κ2) is 49.6. The van der Waals surface area contributed by atoms with Crippen molar-refractivity contribution in [3.63, 3.8) is 0 Å². The summed E-state index contributed by atoms with van der Waals surface area (Å²) < 4.78 is 0. The van der Waals surface area contributed by atoms with Crippen LogP contribution in [0.3, 0.4) is 0 Å². The maximum absolute atomic E-state index is 9.90. The Morgan fingerprint density at radius 2 is 0.623 bits per heavy atom. The molecule has 0 aromatic rings. The summed E-state index contributed by atoms with van der Waals surface area (Å²) in [7, 11) is 0. The number of aliphatic hydroxyl groups is 10. The van der Waals surface area contributed by atoms with E-state index in [0.717, 1.165) is 48.5 Å². The first-order valence-corrected chi connectivity index (χ1v) is 13.6. The van der Waals surface area contributed by atoms with Gasteiger partial charge in [0.05, 0.1) is 19.3 Å². The molecule has 0 amide bonds. The maximum atomic E-state index is 9.90. The van der Waals surface area contributed by atoms with Crippen molar-refractivity contribution >= 4 is 48.1 Å². The number of hydrogen-bond donors (Lipinski definition) is 19. The van der Waals surface area contributed by atoms with Crippen LogP contribution in [0.15, 0.2) is 0 Å². The molecule has 0 bridgehead atoms. The smallest absolute Gasteiger partial charge is 0.300 e. The summed E-state index contributed by atoms with van der Waals surface area (Å²) >= 11 is 0. The maximum Gasteiger partial charge on any atom is 0.300 e. The molecule has 0 aromatic heterocycles. The number of carboxylic acid groups (broad SMARTS) is 7. The average Bonchev–Trinajstić information content (AvgIpc) is 2.96. The summed E-state index contributed by atoms with van der Waals surface area (Å²) in [5, 5.41) is 140. The van der Waals surface area contributed by atoms with Gasteiger partial charge in [0.1, 0.15) is 42.7 Å². The van der Waals surface area contributed by atoms with E-state index in [0.29, 0.717) is 0 Å². The van der Waals surface area contributed by atoms with E-state index in [2.05, 4.69) is 5.43 Å². The molecule has 320 valence electrons. The molecule has 53 heavy (non-hydrogen) atoms. The van der Waals surface area contributed by atoms with E-state index >= 15 is 0 Å². The van der Waals surface area contributed by atoms with Crippen LogP contribution in [0.2, 0.25) is 0 Å². The number of carboxylic acids is 7.